The van der Waals surface area contributed by atoms with Crippen molar-refractivity contribution < 1.29 is 9.90 Å². The van der Waals surface area contributed by atoms with Gasteiger partial charge in [0.05, 0.1) is 34.9 Å². The van der Waals surface area contributed by atoms with Crippen LogP contribution in [0.2, 0.25) is 5.02 Å². The van der Waals surface area contributed by atoms with Gasteiger partial charge in [-0.2, -0.15) is 5.10 Å². The van der Waals surface area contributed by atoms with Gasteiger partial charge >= 0.3 is 6.03 Å². The number of aromatic nitrogens is 2. The van der Waals surface area contributed by atoms with Gasteiger partial charge in [-0.15, -0.1) is 0 Å². The Kier molecular flexibility index (Phi) is 5.06. The third-order valence-corrected chi connectivity index (χ3v) is 4.73. The zero-order valence-electron chi connectivity index (χ0n) is 13.5. The minimum Gasteiger partial charge on any atom is -0.393 e. The first-order valence-corrected chi connectivity index (χ1v) is 8.42. The summed E-state index contributed by atoms with van der Waals surface area (Å²) in [5.74, 6) is 0.159. The summed E-state index contributed by atoms with van der Waals surface area (Å²) in [6, 6.07) is 7.16. The molecule has 2 atom stereocenters. The monoisotopic (exact) mass is 348 g/mol. The van der Waals surface area contributed by atoms with Crippen LogP contribution in [0.3, 0.4) is 0 Å². The maximum atomic E-state index is 12.3. The standard InChI is InChI=1S/C17H21ClN4O2/c1-21(10-12-5-4-8-16(12)23)17(24)20-13-9-19-22(11-13)15-7-3-2-6-14(15)18/h2-3,6-7,9,11-12,16,23H,4-5,8,10H2,1H3,(H,20,24). The van der Waals surface area contributed by atoms with E-state index >= 15 is 0 Å². The number of aliphatic hydroxyl groups excluding tert-OH is 1. The van der Waals surface area contributed by atoms with Crippen molar-refractivity contribution >= 4 is 23.3 Å². The largest absolute Gasteiger partial charge is 0.393 e. The zero-order chi connectivity index (χ0) is 17.1. The van der Waals surface area contributed by atoms with E-state index in [0.29, 0.717) is 17.3 Å². The number of amides is 2. The molecule has 7 heteroatoms. The van der Waals surface area contributed by atoms with Gasteiger partial charge < -0.3 is 15.3 Å². The number of halogens is 1. The average molecular weight is 349 g/mol. The minimum absolute atomic E-state index is 0.159. The van der Waals surface area contributed by atoms with Crippen LogP contribution in [0.25, 0.3) is 5.69 Å². The first kappa shape index (κ1) is 16.8. The summed E-state index contributed by atoms with van der Waals surface area (Å²) in [7, 11) is 1.73. The minimum atomic E-state index is -0.303. The van der Waals surface area contributed by atoms with Crippen molar-refractivity contribution in [2.75, 3.05) is 18.9 Å². The smallest absolute Gasteiger partial charge is 0.321 e. The molecule has 2 N–H and O–H groups in total. The highest BCUT2D eigenvalue weighted by Gasteiger charge is 2.27. The van der Waals surface area contributed by atoms with Gasteiger partial charge in [-0.1, -0.05) is 30.2 Å². The molecule has 24 heavy (non-hydrogen) atoms. The topological polar surface area (TPSA) is 70.4 Å². The van der Waals surface area contributed by atoms with Crippen LogP contribution < -0.4 is 5.32 Å². The van der Waals surface area contributed by atoms with Crippen molar-refractivity contribution in [1.82, 2.24) is 14.7 Å². The van der Waals surface area contributed by atoms with E-state index in [1.807, 2.05) is 18.2 Å². The van der Waals surface area contributed by atoms with E-state index in [0.717, 1.165) is 24.9 Å². The number of carbonyl (C=O) groups excluding carboxylic acids is 1. The lowest BCUT2D eigenvalue weighted by atomic mass is 10.1. The molecule has 0 radical (unpaired) electrons. The Balaban J connectivity index is 1.62. The molecule has 1 fully saturated rings. The van der Waals surface area contributed by atoms with Crippen LogP contribution >= 0.6 is 11.6 Å². The second-order valence-electron chi connectivity index (χ2n) is 6.19. The summed E-state index contributed by atoms with van der Waals surface area (Å²) in [4.78, 5) is 13.9. The fourth-order valence-corrected chi connectivity index (χ4v) is 3.26. The fraction of sp³-hybridized carbons (Fsp3) is 0.412. The lowest BCUT2D eigenvalue weighted by Gasteiger charge is -2.23. The third-order valence-electron chi connectivity index (χ3n) is 4.41. The molecule has 1 aliphatic rings. The second-order valence-corrected chi connectivity index (χ2v) is 6.60. The van der Waals surface area contributed by atoms with Gasteiger partial charge in [-0.05, 0) is 25.0 Å². The van der Waals surface area contributed by atoms with E-state index in [2.05, 4.69) is 10.4 Å². The van der Waals surface area contributed by atoms with Crippen molar-refractivity contribution in [3.63, 3.8) is 0 Å². The predicted molar refractivity (Wildman–Crippen MR) is 93.6 cm³/mol. The SMILES string of the molecule is CN(CC1CCCC1O)C(=O)Nc1cnn(-c2ccccc2Cl)c1. The normalized spacial score (nSPS) is 20.1. The van der Waals surface area contributed by atoms with E-state index in [-0.39, 0.29) is 18.1 Å². The van der Waals surface area contributed by atoms with Crippen molar-refractivity contribution in [3.8, 4) is 5.69 Å². The zero-order valence-corrected chi connectivity index (χ0v) is 14.3. The summed E-state index contributed by atoms with van der Waals surface area (Å²) in [5, 5.41) is 17.5. The van der Waals surface area contributed by atoms with Crippen LogP contribution in [-0.2, 0) is 0 Å². The number of anilines is 1. The number of para-hydroxylation sites is 1. The molecule has 128 valence electrons. The van der Waals surface area contributed by atoms with Gasteiger partial charge in [0.25, 0.3) is 0 Å². The van der Waals surface area contributed by atoms with E-state index < -0.39 is 0 Å². The lowest BCUT2D eigenvalue weighted by Crippen LogP contribution is -2.37. The van der Waals surface area contributed by atoms with Crippen LogP contribution in [0.1, 0.15) is 19.3 Å². The molecule has 0 aliphatic heterocycles. The number of benzene rings is 1. The van der Waals surface area contributed by atoms with Gasteiger partial charge in [0.1, 0.15) is 0 Å². The quantitative estimate of drug-likeness (QED) is 0.891. The van der Waals surface area contributed by atoms with Crippen molar-refractivity contribution in [2.45, 2.75) is 25.4 Å². The molecule has 2 unspecified atom stereocenters. The van der Waals surface area contributed by atoms with Crippen LogP contribution in [0.15, 0.2) is 36.7 Å². The van der Waals surface area contributed by atoms with Gasteiger partial charge in [0.2, 0.25) is 0 Å². The number of nitrogens with one attached hydrogen (secondary N) is 1. The number of nitrogens with zero attached hydrogens (tertiary/aromatic N) is 3. The van der Waals surface area contributed by atoms with Gasteiger partial charge in [0, 0.05) is 19.5 Å². The summed E-state index contributed by atoms with van der Waals surface area (Å²) in [6.45, 7) is 0.547. The molecule has 1 heterocycles. The van der Waals surface area contributed by atoms with E-state index in [9.17, 15) is 9.90 Å². The van der Waals surface area contributed by atoms with Gasteiger partial charge in [0.15, 0.2) is 0 Å². The van der Waals surface area contributed by atoms with Crippen LogP contribution in [0.5, 0.6) is 0 Å². The molecule has 2 aromatic rings. The lowest BCUT2D eigenvalue weighted by molar-refractivity contribution is 0.116. The Bertz CT molecular complexity index is 718. The van der Waals surface area contributed by atoms with E-state index in [4.69, 9.17) is 11.6 Å². The fourth-order valence-electron chi connectivity index (χ4n) is 3.04. The number of rotatable bonds is 4. The Hall–Kier alpha value is -2.05. The second kappa shape index (κ2) is 7.23. The molecule has 1 aliphatic carbocycles. The van der Waals surface area contributed by atoms with Gasteiger partial charge in [-0.3, -0.25) is 0 Å². The van der Waals surface area contributed by atoms with E-state index in [1.54, 1.807) is 35.1 Å². The Morgan fingerprint density at radius 2 is 2.25 bits per heavy atom. The first-order chi connectivity index (χ1) is 11.5. The van der Waals surface area contributed by atoms with Crippen molar-refractivity contribution in [3.05, 3.63) is 41.7 Å². The summed E-state index contributed by atoms with van der Waals surface area (Å²) >= 11 is 6.15. The highest BCUT2D eigenvalue weighted by atomic mass is 35.5. The molecule has 1 aromatic heterocycles. The number of aliphatic hydroxyl groups is 1. The Morgan fingerprint density at radius 3 is 2.96 bits per heavy atom. The molecule has 1 aromatic carbocycles. The molecule has 2 amide bonds. The van der Waals surface area contributed by atoms with Crippen LogP contribution in [-0.4, -0.2) is 45.5 Å². The first-order valence-electron chi connectivity index (χ1n) is 8.04. The van der Waals surface area contributed by atoms with E-state index in [1.165, 1.54) is 0 Å². The molecule has 3 rings (SSSR count). The highest BCUT2D eigenvalue weighted by molar-refractivity contribution is 6.32. The summed E-state index contributed by atoms with van der Waals surface area (Å²) in [6.07, 6.45) is 5.81. The van der Waals surface area contributed by atoms with Crippen LogP contribution in [0.4, 0.5) is 10.5 Å². The van der Waals surface area contributed by atoms with Gasteiger partial charge in [-0.25, -0.2) is 9.48 Å². The summed E-state index contributed by atoms with van der Waals surface area (Å²) in [5.41, 5.74) is 1.35. The van der Waals surface area contributed by atoms with Crippen molar-refractivity contribution in [1.29, 1.82) is 0 Å². The number of urea groups is 1. The maximum Gasteiger partial charge on any atom is 0.321 e. The molecule has 0 saturated heterocycles. The molecular formula is C17H21ClN4O2. The maximum absolute atomic E-state index is 12.3. The molecule has 0 spiro atoms. The molecule has 1 saturated carbocycles. The number of hydrogen-bond acceptors (Lipinski definition) is 3. The summed E-state index contributed by atoms with van der Waals surface area (Å²) < 4.78 is 1.62. The number of carbonyl (C=O) groups is 1. The van der Waals surface area contributed by atoms with Crippen LogP contribution in [0, 0.1) is 5.92 Å². The van der Waals surface area contributed by atoms with Crippen molar-refractivity contribution in [2.24, 2.45) is 5.92 Å². The average Bonchev–Trinajstić information content (AvgIpc) is 3.17. The Morgan fingerprint density at radius 1 is 1.46 bits per heavy atom. The third kappa shape index (κ3) is 3.71. The number of hydrogen-bond donors (Lipinski definition) is 2. The predicted octanol–water partition coefficient (Wildman–Crippen LogP) is 3.15. The molecule has 0 bridgehead atoms. The Labute approximate surface area is 146 Å². The highest BCUT2D eigenvalue weighted by Crippen LogP contribution is 2.26. The molecule has 6 nitrogen and oxygen atoms in total. The molecular weight excluding hydrogens is 328 g/mol.